The van der Waals surface area contributed by atoms with E-state index in [2.05, 4.69) is 37.8 Å². The standard InChI is InChI=1S/C25H31N5O3S.BrH/c1-34-25-29-28-23(33-25)19-26-24(32)20-13-8-9-14-21(20)27-22(31)15-7-4-2-3-5-10-16-30-17-11-6-12-18-30;/h6,8-9,11-14,17-18H,2-5,7,10,15-16,19H2,1H3,(H-,26,27,31,32);1H. The number of nitrogens with one attached hydrogen (secondary N) is 2. The number of amides is 2. The first-order valence-corrected chi connectivity index (χ1v) is 12.9. The molecule has 35 heavy (non-hydrogen) atoms. The molecule has 0 fully saturated rings. The molecule has 8 nitrogen and oxygen atoms in total. The Balaban J connectivity index is 0.00000432. The first kappa shape index (κ1) is 28.5. The predicted octanol–water partition coefficient (Wildman–Crippen LogP) is 1.38. The van der Waals surface area contributed by atoms with E-state index in [0.717, 1.165) is 25.8 Å². The van der Waals surface area contributed by atoms with Crippen LogP contribution in [0, 0.1) is 0 Å². The Labute approximate surface area is 221 Å². The molecule has 2 N–H and O–H groups in total. The molecule has 3 aromatic rings. The van der Waals surface area contributed by atoms with Gasteiger partial charge in [0, 0.05) is 25.0 Å². The zero-order valence-corrected chi connectivity index (χ0v) is 22.3. The minimum Gasteiger partial charge on any atom is -1.00 e. The normalized spacial score (nSPS) is 10.4. The fraction of sp³-hybridized carbons (Fsp3) is 0.400. The molecule has 10 heteroatoms. The number of rotatable bonds is 14. The van der Waals surface area contributed by atoms with Crippen LogP contribution in [0.2, 0.25) is 0 Å². The van der Waals surface area contributed by atoms with Crippen molar-refractivity contribution in [3.8, 4) is 0 Å². The fourth-order valence-corrected chi connectivity index (χ4v) is 3.82. The third-order valence-corrected chi connectivity index (χ3v) is 5.83. The second-order valence-corrected chi connectivity index (χ2v) is 8.68. The monoisotopic (exact) mass is 561 g/mol. The first-order chi connectivity index (χ1) is 16.7. The Kier molecular flexibility index (Phi) is 13.1. The van der Waals surface area contributed by atoms with Gasteiger partial charge in [0.2, 0.25) is 11.8 Å². The molecule has 2 heterocycles. The van der Waals surface area contributed by atoms with Crippen molar-refractivity contribution in [1.29, 1.82) is 0 Å². The average molecular weight is 563 g/mol. The molecule has 0 bridgehead atoms. The molecule has 2 amide bonds. The summed E-state index contributed by atoms with van der Waals surface area (Å²) < 4.78 is 7.58. The van der Waals surface area contributed by atoms with E-state index in [1.807, 2.05) is 24.5 Å². The van der Waals surface area contributed by atoms with E-state index < -0.39 is 0 Å². The van der Waals surface area contributed by atoms with Gasteiger partial charge in [-0.25, -0.2) is 4.57 Å². The van der Waals surface area contributed by atoms with E-state index in [0.29, 0.717) is 28.8 Å². The van der Waals surface area contributed by atoms with E-state index >= 15 is 0 Å². The smallest absolute Gasteiger partial charge is 0.276 e. The minimum atomic E-state index is -0.312. The highest BCUT2D eigenvalue weighted by Crippen LogP contribution is 2.17. The predicted molar refractivity (Wildman–Crippen MR) is 131 cm³/mol. The summed E-state index contributed by atoms with van der Waals surface area (Å²) in [6.45, 7) is 1.17. The Morgan fingerprint density at radius 3 is 2.40 bits per heavy atom. The fourth-order valence-electron chi connectivity index (χ4n) is 3.52. The molecule has 0 unspecified atom stereocenters. The number of nitrogens with zero attached hydrogens (tertiary/aromatic N) is 3. The summed E-state index contributed by atoms with van der Waals surface area (Å²) in [6, 6.07) is 13.1. The number of hydrogen-bond donors (Lipinski definition) is 2. The van der Waals surface area contributed by atoms with Gasteiger partial charge >= 0.3 is 0 Å². The highest BCUT2D eigenvalue weighted by atomic mass is 79.9. The van der Waals surface area contributed by atoms with Crippen molar-refractivity contribution in [2.24, 2.45) is 0 Å². The van der Waals surface area contributed by atoms with Gasteiger partial charge in [0.15, 0.2) is 12.4 Å². The van der Waals surface area contributed by atoms with Gasteiger partial charge in [-0.2, -0.15) is 0 Å². The number of benzene rings is 1. The Hall–Kier alpha value is -2.72. The van der Waals surface area contributed by atoms with Crippen molar-refractivity contribution >= 4 is 29.3 Å². The van der Waals surface area contributed by atoms with Crippen LogP contribution in [-0.2, 0) is 17.9 Å². The Morgan fingerprint density at radius 2 is 1.66 bits per heavy atom. The SMILES string of the molecule is CSc1nnc(CNC(=O)c2ccccc2NC(=O)CCCCCCCC[n+]2ccccc2)o1.[Br-]. The lowest BCUT2D eigenvalue weighted by atomic mass is 10.1. The third kappa shape index (κ3) is 10.2. The number of unbranched alkanes of at least 4 members (excludes halogenated alkanes) is 5. The van der Waals surface area contributed by atoms with Crippen molar-refractivity contribution < 1.29 is 35.6 Å². The van der Waals surface area contributed by atoms with Crippen molar-refractivity contribution in [1.82, 2.24) is 15.5 Å². The summed E-state index contributed by atoms with van der Waals surface area (Å²) in [5, 5.41) is 13.8. The molecule has 188 valence electrons. The molecular weight excluding hydrogens is 530 g/mol. The van der Waals surface area contributed by atoms with Crippen LogP contribution in [-0.4, -0.2) is 28.3 Å². The maximum atomic E-state index is 12.6. The van der Waals surface area contributed by atoms with Crippen LogP contribution in [0.1, 0.15) is 61.2 Å². The molecule has 0 aliphatic rings. The van der Waals surface area contributed by atoms with Gasteiger partial charge in [-0.3, -0.25) is 9.59 Å². The highest BCUT2D eigenvalue weighted by molar-refractivity contribution is 7.98. The van der Waals surface area contributed by atoms with Gasteiger partial charge in [-0.05, 0) is 31.2 Å². The number of halogens is 1. The zero-order chi connectivity index (χ0) is 24.0. The molecule has 0 atom stereocenters. The van der Waals surface area contributed by atoms with E-state index in [1.165, 1.54) is 31.0 Å². The number of hydrogen-bond acceptors (Lipinski definition) is 6. The number of pyridine rings is 1. The number of carbonyl (C=O) groups excluding carboxylic acids is 2. The largest absolute Gasteiger partial charge is 1.00 e. The lowest BCUT2D eigenvalue weighted by Crippen LogP contribution is -3.00. The number of aryl methyl sites for hydroxylation is 1. The van der Waals surface area contributed by atoms with Gasteiger partial charge in [0.25, 0.3) is 11.1 Å². The van der Waals surface area contributed by atoms with Crippen molar-refractivity contribution in [2.45, 2.75) is 63.3 Å². The molecule has 0 aliphatic carbocycles. The molecule has 0 spiro atoms. The number of aromatic nitrogens is 3. The van der Waals surface area contributed by atoms with E-state index in [9.17, 15) is 9.59 Å². The van der Waals surface area contributed by atoms with Crippen molar-refractivity contribution in [2.75, 3.05) is 11.6 Å². The number of thioether (sulfide) groups is 1. The Morgan fingerprint density at radius 1 is 0.943 bits per heavy atom. The summed E-state index contributed by atoms with van der Waals surface area (Å²) in [6.07, 6.45) is 13.0. The van der Waals surface area contributed by atoms with Crippen LogP contribution in [0.15, 0.2) is 64.5 Å². The van der Waals surface area contributed by atoms with Gasteiger partial charge < -0.3 is 32.0 Å². The summed E-state index contributed by atoms with van der Waals surface area (Å²) in [4.78, 5) is 25.0. The van der Waals surface area contributed by atoms with Gasteiger partial charge in [-0.15, -0.1) is 10.2 Å². The minimum absolute atomic E-state index is 0. The average Bonchev–Trinajstić information content (AvgIpc) is 3.33. The van der Waals surface area contributed by atoms with Gasteiger partial charge in [0.05, 0.1) is 17.8 Å². The summed E-state index contributed by atoms with van der Waals surface area (Å²) in [7, 11) is 0. The van der Waals surface area contributed by atoms with Crippen LogP contribution in [0.5, 0.6) is 0 Å². The molecule has 0 aliphatic heterocycles. The van der Waals surface area contributed by atoms with Crippen LogP contribution in [0.4, 0.5) is 5.69 Å². The molecule has 0 saturated carbocycles. The molecule has 3 rings (SSSR count). The molecule has 0 saturated heterocycles. The second kappa shape index (κ2) is 16.0. The lowest BCUT2D eigenvalue weighted by Gasteiger charge is -2.11. The maximum Gasteiger partial charge on any atom is 0.276 e. The number of anilines is 1. The van der Waals surface area contributed by atoms with Gasteiger partial charge in [0.1, 0.15) is 6.54 Å². The first-order valence-electron chi connectivity index (χ1n) is 11.6. The third-order valence-electron chi connectivity index (χ3n) is 5.32. The lowest BCUT2D eigenvalue weighted by molar-refractivity contribution is -0.697. The molecule has 2 aromatic heterocycles. The topological polar surface area (TPSA) is 101 Å². The highest BCUT2D eigenvalue weighted by Gasteiger charge is 2.14. The number of carbonyl (C=O) groups is 2. The zero-order valence-electron chi connectivity index (χ0n) is 19.9. The second-order valence-electron chi connectivity index (χ2n) is 7.93. The molecular formula is C25H32BrN5O3S. The Bertz CT molecular complexity index is 1050. The summed E-state index contributed by atoms with van der Waals surface area (Å²) in [5.74, 6) is -0.0613. The maximum absolute atomic E-state index is 12.6. The van der Waals surface area contributed by atoms with Crippen molar-refractivity contribution in [3.63, 3.8) is 0 Å². The van der Waals surface area contributed by atoms with E-state index in [1.54, 1.807) is 24.3 Å². The van der Waals surface area contributed by atoms with E-state index in [-0.39, 0.29) is 35.3 Å². The van der Waals surface area contributed by atoms with Crippen LogP contribution >= 0.6 is 11.8 Å². The van der Waals surface area contributed by atoms with Gasteiger partial charge in [-0.1, -0.05) is 49.2 Å². The number of para-hydroxylation sites is 1. The summed E-state index contributed by atoms with van der Waals surface area (Å²) in [5.41, 5.74) is 0.899. The quantitative estimate of drug-likeness (QED) is 0.175. The van der Waals surface area contributed by atoms with Crippen LogP contribution in [0.25, 0.3) is 0 Å². The van der Waals surface area contributed by atoms with Crippen LogP contribution < -0.4 is 32.2 Å². The molecule has 0 radical (unpaired) electrons. The summed E-state index contributed by atoms with van der Waals surface area (Å²) >= 11 is 1.34. The molecule has 1 aromatic carbocycles. The van der Waals surface area contributed by atoms with E-state index in [4.69, 9.17) is 4.42 Å². The van der Waals surface area contributed by atoms with Crippen molar-refractivity contribution in [3.05, 3.63) is 66.3 Å². The van der Waals surface area contributed by atoms with Crippen LogP contribution in [0.3, 0.4) is 0 Å².